The SMILES string of the molecule is CC1CCC(CN2CCNCC2(C)C2CC2)O1. The van der Waals surface area contributed by atoms with Crippen LogP contribution in [0.15, 0.2) is 0 Å². The number of nitrogens with zero attached hydrogens (tertiary/aromatic N) is 1. The van der Waals surface area contributed by atoms with Crippen LogP contribution in [0.4, 0.5) is 0 Å². The van der Waals surface area contributed by atoms with Gasteiger partial charge in [-0.15, -0.1) is 0 Å². The topological polar surface area (TPSA) is 24.5 Å². The highest BCUT2D eigenvalue weighted by Crippen LogP contribution is 2.43. The zero-order chi connectivity index (χ0) is 11.9. The van der Waals surface area contributed by atoms with Gasteiger partial charge in [0.2, 0.25) is 0 Å². The quantitative estimate of drug-likeness (QED) is 0.809. The lowest BCUT2D eigenvalue weighted by molar-refractivity contribution is -0.0157. The summed E-state index contributed by atoms with van der Waals surface area (Å²) in [5.74, 6) is 0.925. The molecule has 0 radical (unpaired) electrons. The van der Waals surface area contributed by atoms with Crippen molar-refractivity contribution in [3.8, 4) is 0 Å². The summed E-state index contributed by atoms with van der Waals surface area (Å²) in [6.07, 6.45) is 6.33. The molecular formula is C14H26N2O. The van der Waals surface area contributed by atoms with Crippen molar-refractivity contribution in [2.45, 2.75) is 57.3 Å². The normalized spacial score (nSPS) is 44.1. The third-order valence-corrected chi connectivity index (χ3v) is 4.96. The molecule has 3 aliphatic rings. The van der Waals surface area contributed by atoms with Crippen LogP contribution in [0.2, 0.25) is 0 Å². The number of nitrogens with one attached hydrogen (secondary N) is 1. The summed E-state index contributed by atoms with van der Waals surface area (Å²) in [7, 11) is 0. The van der Waals surface area contributed by atoms with Crippen molar-refractivity contribution in [2.24, 2.45) is 5.92 Å². The van der Waals surface area contributed by atoms with E-state index in [-0.39, 0.29) is 0 Å². The van der Waals surface area contributed by atoms with Gasteiger partial charge in [-0.05, 0) is 45.4 Å². The van der Waals surface area contributed by atoms with Crippen molar-refractivity contribution in [1.82, 2.24) is 10.2 Å². The molecule has 98 valence electrons. The van der Waals surface area contributed by atoms with E-state index in [4.69, 9.17) is 4.74 Å². The van der Waals surface area contributed by atoms with Gasteiger partial charge in [0.25, 0.3) is 0 Å². The van der Waals surface area contributed by atoms with Crippen LogP contribution in [-0.4, -0.2) is 48.8 Å². The Morgan fingerprint density at radius 1 is 1.29 bits per heavy atom. The van der Waals surface area contributed by atoms with Gasteiger partial charge in [-0.1, -0.05) is 0 Å². The van der Waals surface area contributed by atoms with Crippen molar-refractivity contribution in [1.29, 1.82) is 0 Å². The number of ether oxygens (including phenoxy) is 1. The smallest absolute Gasteiger partial charge is 0.0706 e. The molecule has 0 spiro atoms. The molecule has 2 saturated heterocycles. The molecule has 0 aromatic rings. The summed E-state index contributed by atoms with van der Waals surface area (Å²) in [4.78, 5) is 2.71. The highest BCUT2D eigenvalue weighted by molar-refractivity contribution is 5.03. The number of piperazine rings is 1. The average Bonchev–Trinajstić information content (AvgIpc) is 3.08. The summed E-state index contributed by atoms with van der Waals surface area (Å²) in [6, 6.07) is 0. The Morgan fingerprint density at radius 3 is 2.76 bits per heavy atom. The Morgan fingerprint density at radius 2 is 2.12 bits per heavy atom. The molecule has 3 unspecified atom stereocenters. The van der Waals surface area contributed by atoms with Crippen LogP contribution in [0, 0.1) is 5.92 Å². The zero-order valence-corrected chi connectivity index (χ0v) is 11.2. The maximum atomic E-state index is 6.00. The van der Waals surface area contributed by atoms with Crippen molar-refractivity contribution < 1.29 is 4.74 Å². The van der Waals surface area contributed by atoms with E-state index in [0.29, 0.717) is 17.7 Å². The van der Waals surface area contributed by atoms with Crippen LogP contribution in [-0.2, 0) is 4.74 Å². The maximum Gasteiger partial charge on any atom is 0.0706 e. The molecule has 0 aromatic heterocycles. The van der Waals surface area contributed by atoms with Gasteiger partial charge in [0.15, 0.2) is 0 Å². The molecule has 1 N–H and O–H groups in total. The summed E-state index contributed by atoms with van der Waals surface area (Å²) in [5, 5.41) is 3.58. The fourth-order valence-corrected chi connectivity index (χ4v) is 3.60. The highest BCUT2D eigenvalue weighted by Gasteiger charge is 2.47. The third kappa shape index (κ3) is 2.38. The molecule has 3 heteroatoms. The van der Waals surface area contributed by atoms with Gasteiger partial charge in [0.1, 0.15) is 0 Å². The standard InChI is InChI=1S/C14H26N2O/c1-11-3-6-13(17-11)9-16-8-7-15-10-14(16,2)12-4-5-12/h11-13,15H,3-10H2,1-2H3. The average molecular weight is 238 g/mol. The summed E-state index contributed by atoms with van der Waals surface area (Å²) < 4.78 is 6.00. The zero-order valence-electron chi connectivity index (χ0n) is 11.2. The molecule has 0 bridgehead atoms. The fraction of sp³-hybridized carbons (Fsp3) is 1.00. The minimum Gasteiger partial charge on any atom is -0.374 e. The molecule has 2 aliphatic heterocycles. The summed E-state index contributed by atoms with van der Waals surface area (Å²) >= 11 is 0. The van der Waals surface area contributed by atoms with E-state index in [1.807, 2.05) is 0 Å². The number of hydrogen-bond acceptors (Lipinski definition) is 3. The second-order valence-electron chi connectivity index (χ2n) is 6.40. The Hall–Kier alpha value is -0.120. The van der Waals surface area contributed by atoms with Crippen molar-refractivity contribution >= 4 is 0 Å². The summed E-state index contributed by atoms with van der Waals surface area (Å²) in [6.45, 7) is 9.32. The Kier molecular flexibility index (Phi) is 3.18. The first kappa shape index (κ1) is 11.9. The molecular weight excluding hydrogens is 212 g/mol. The highest BCUT2D eigenvalue weighted by atomic mass is 16.5. The Bertz CT molecular complexity index is 279. The van der Waals surface area contributed by atoms with Crippen LogP contribution in [0.5, 0.6) is 0 Å². The second kappa shape index (κ2) is 4.52. The van der Waals surface area contributed by atoms with E-state index in [2.05, 4.69) is 24.1 Å². The molecule has 0 amide bonds. The van der Waals surface area contributed by atoms with Gasteiger partial charge >= 0.3 is 0 Å². The molecule has 0 aromatic carbocycles. The van der Waals surface area contributed by atoms with Gasteiger partial charge in [-0.25, -0.2) is 0 Å². The van der Waals surface area contributed by atoms with Crippen LogP contribution in [0.3, 0.4) is 0 Å². The minimum atomic E-state index is 0.396. The van der Waals surface area contributed by atoms with E-state index in [9.17, 15) is 0 Å². The van der Waals surface area contributed by atoms with E-state index in [0.717, 1.165) is 19.0 Å². The molecule has 1 aliphatic carbocycles. The lowest BCUT2D eigenvalue weighted by Crippen LogP contribution is -2.62. The van der Waals surface area contributed by atoms with E-state index in [1.54, 1.807) is 0 Å². The molecule has 2 heterocycles. The third-order valence-electron chi connectivity index (χ3n) is 4.96. The maximum absolute atomic E-state index is 6.00. The van der Waals surface area contributed by atoms with Crippen molar-refractivity contribution in [2.75, 3.05) is 26.2 Å². The van der Waals surface area contributed by atoms with Crippen LogP contribution < -0.4 is 5.32 Å². The largest absolute Gasteiger partial charge is 0.374 e. The Labute approximate surface area is 105 Å². The lowest BCUT2D eigenvalue weighted by Gasteiger charge is -2.46. The number of rotatable bonds is 3. The second-order valence-corrected chi connectivity index (χ2v) is 6.40. The van der Waals surface area contributed by atoms with Crippen molar-refractivity contribution in [3.05, 3.63) is 0 Å². The van der Waals surface area contributed by atoms with Crippen LogP contribution >= 0.6 is 0 Å². The van der Waals surface area contributed by atoms with Crippen LogP contribution in [0.1, 0.15) is 39.5 Å². The van der Waals surface area contributed by atoms with Gasteiger partial charge in [-0.3, -0.25) is 4.90 Å². The molecule has 3 rings (SSSR count). The predicted molar refractivity (Wildman–Crippen MR) is 69.1 cm³/mol. The lowest BCUT2D eigenvalue weighted by atomic mass is 9.90. The van der Waals surface area contributed by atoms with Crippen molar-refractivity contribution in [3.63, 3.8) is 0 Å². The molecule has 1 saturated carbocycles. The molecule has 17 heavy (non-hydrogen) atoms. The first-order chi connectivity index (χ1) is 8.18. The van der Waals surface area contributed by atoms with Gasteiger partial charge in [-0.2, -0.15) is 0 Å². The van der Waals surface area contributed by atoms with E-state index >= 15 is 0 Å². The first-order valence-electron chi connectivity index (χ1n) is 7.30. The predicted octanol–water partition coefficient (Wildman–Crippen LogP) is 1.63. The van der Waals surface area contributed by atoms with Gasteiger partial charge in [0, 0.05) is 31.7 Å². The van der Waals surface area contributed by atoms with E-state index < -0.39 is 0 Å². The molecule has 3 atom stereocenters. The molecule has 3 fully saturated rings. The summed E-state index contributed by atoms with van der Waals surface area (Å²) in [5.41, 5.74) is 0.396. The fourth-order valence-electron chi connectivity index (χ4n) is 3.60. The monoisotopic (exact) mass is 238 g/mol. The first-order valence-corrected chi connectivity index (χ1v) is 7.30. The van der Waals surface area contributed by atoms with Gasteiger partial charge < -0.3 is 10.1 Å². The minimum absolute atomic E-state index is 0.396. The van der Waals surface area contributed by atoms with Gasteiger partial charge in [0.05, 0.1) is 12.2 Å². The van der Waals surface area contributed by atoms with Crippen LogP contribution in [0.25, 0.3) is 0 Å². The Balaban J connectivity index is 1.63. The van der Waals surface area contributed by atoms with E-state index in [1.165, 1.54) is 38.8 Å². The molecule has 3 nitrogen and oxygen atoms in total. The number of hydrogen-bond donors (Lipinski definition) is 1.